The van der Waals surface area contributed by atoms with E-state index in [1.54, 1.807) is 6.07 Å². The molecule has 2 aliphatic rings. The highest BCUT2D eigenvalue weighted by Gasteiger charge is 2.33. The molecular weight excluding hydrogens is 314 g/mol. The predicted octanol–water partition coefficient (Wildman–Crippen LogP) is 2.71. The second-order valence-corrected chi connectivity index (χ2v) is 6.91. The van der Waals surface area contributed by atoms with Crippen molar-refractivity contribution in [2.24, 2.45) is 0 Å². The number of rotatable bonds is 2. The summed E-state index contributed by atoms with van der Waals surface area (Å²) < 4.78 is 0. The lowest BCUT2D eigenvalue weighted by Gasteiger charge is -2.39. The van der Waals surface area contributed by atoms with Crippen molar-refractivity contribution in [2.75, 3.05) is 31.5 Å². The summed E-state index contributed by atoms with van der Waals surface area (Å²) in [5.74, 6) is 0. The number of urea groups is 1. The Balaban J connectivity index is 1.54. The van der Waals surface area contributed by atoms with Gasteiger partial charge in [-0.15, -0.1) is 0 Å². The molecule has 1 saturated carbocycles. The van der Waals surface area contributed by atoms with Gasteiger partial charge in [-0.25, -0.2) is 4.79 Å². The molecule has 3 rings (SSSR count). The average Bonchev–Trinajstić information content (AvgIpc) is 2.96. The zero-order valence-electron chi connectivity index (χ0n) is 13.5. The summed E-state index contributed by atoms with van der Waals surface area (Å²) in [5.41, 5.74) is 1.76. The van der Waals surface area contributed by atoms with Gasteiger partial charge in [0.05, 0.1) is 6.10 Å². The number of piperazine rings is 1. The van der Waals surface area contributed by atoms with Gasteiger partial charge in [0.2, 0.25) is 0 Å². The number of carbonyl (C=O) groups excluding carboxylic acids is 1. The van der Waals surface area contributed by atoms with Crippen molar-refractivity contribution >= 4 is 23.3 Å². The van der Waals surface area contributed by atoms with E-state index >= 15 is 0 Å². The lowest BCUT2D eigenvalue weighted by Crippen LogP contribution is -2.54. The number of aryl methyl sites for hydroxylation is 1. The number of anilines is 1. The smallest absolute Gasteiger partial charge is 0.321 e. The molecule has 2 atom stereocenters. The molecule has 0 unspecified atom stereocenters. The van der Waals surface area contributed by atoms with Crippen LogP contribution in [0.1, 0.15) is 24.8 Å². The van der Waals surface area contributed by atoms with Crippen LogP contribution in [0.5, 0.6) is 0 Å². The highest BCUT2D eigenvalue weighted by molar-refractivity contribution is 6.30. The molecule has 1 aromatic carbocycles. The molecule has 1 aliphatic heterocycles. The van der Waals surface area contributed by atoms with Gasteiger partial charge in [0, 0.05) is 42.9 Å². The van der Waals surface area contributed by atoms with Crippen LogP contribution in [-0.2, 0) is 0 Å². The first-order valence-corrected chi connectivity index (χ1v) is 8.66. The molecule has 1 aliphatic carbocycles. The third kappa shape index (κ3) is 3.79. The van der Waals surface area contributed by atoms with Crippen LogP contribution in [0.2, 0.25) is 5.02 Å². The predicted molar refractivity (Wildman–Crippen MR) is 92.0 cm³/mol. The maximum absolute atomic E-state index is 12.4. The summed E-state index contributed by atoms with van der Waals surface area (Å²) in [7, 11) is 0. The Bertz CT molecular complexity index is 573. The lowest BCUT2D eigenvalue weighted by molar-refractivity contribution is 0.0447. The van der Waals surface area contributed by atoms with Crippen LogP contribution < -0.4 is 5.32 Å². The van der Waals surface area contributed by atoms with E-state index in [9.17, 15) is 9.90 Å². The molecule has 23 heavy (non-hydrogen) atoms. The van der Waals surface area contributed by atoms with Crippen molar-refractivity contribution in [3.8, 4) is 0 Å². The van der Waals surface area contributed by atoms with Crippen molar-refractivity contribution in [2.45, 2.75) is 38.3 Å². The summed E-state index contributed by atoms with van der Waals surface area (Å²) in [4.78, 5) is 16.6. The van der Waals surface area contributed by atoms with Crippen molar-refractivity contribution in [3.05, 3.63) is 28.8 Å². The molecule has 2 amide bonds. The van der Waals surface area contributed by atoms with Crippen molar-refractivity contribution in [1.29, 1.82) is 0 Å². The van der Waals surface area contributed by atoms with E-state index in [1.165, 1.54) is 0 Å². The molecule has 2 N–H and O–H groups in total. The summed E-state index contributed by atoms with van der Waals surface area (Å²) in [6, 6.07) is 5.67. The van der Waals surface area contributed by atoms with Gasteiger partial charge in [0.1, 0.15) is 0 Å². The van der Waals surface area contributed by atoms with E-state index in [4.69, 9.17) is 11.6 Å². The Morgan fingerprint density at radius 3 is 2.61 bits per heavy atom. The number of nitrogens with zero attached hydrogens (tertiary/aromatic N) is 2. The van der Waals surface area contributed by atoms with E-state index in [-0.39, 0.29) is 18.2 Å². The number of hydrogen-bond acceptors (Lipinski definition) is 3. The first kappa shape index (κ1) is 16.6. The van der Waals surface area contributed by atoms with Crippen LogP contribution in [0.3, 0.4) is 0 Å². The van der Waals surface area contributed by atoms with Crippen LogP contribution in [0.4, 0.5) is 10.5 Å². The number of carbonyl (C=O) groups is 1. The zero-order valence-corrected chi connectivity index (χ0v) is 14.2. The van der Waals surface area contributed by atoms with Crippen LogP contribution in [0.15, 0.2) is 18.2 Å². The van der Waals surface area contributed by atoms with Gasteiger partial charge in [-0.2, -0.15) is 0 Å². The van der Waals surface area contributed by atoms with Gasteiger partial charge < -0.3 is 15.3 Å². The van der Waals surface area contributed by atoms with Crippen LogP contribution in [0, 0.1) is 6.92 Å². The normalized spacial score (nSPS) is 25.6. The topological polar surface area (TPSA) is 55.8 Å². The Morgan fingerprint density at radius 1 is 1.26 bits per heavy atom. The largest absolute Gasteiger partial charge is 0.391 e. The molecule has 2 fully saturated rings. The molecule has 0 spiro atoms. The third-order valence-corrected chi connectivity index (χ3v) is 5.18. The maximum atomic E-state index is 12.4. The fourth-order valence-electron chi connectivity index (χ4n) is 3.57. The first-order chi connectivity index (χ1) is 11.0. The SMILES string of the molecule is Cc1cc(Cl)ccc1NC(=O)N1CCN([C@@H]2CCC[C@H]2O)CC1. The monoisotopic (exact) mass is 337 g/mol. The van der Waals surface area contributed by atoms with Gasteiger partial charge in [-0.1, -0.05) is 11.6 Å². The minimum Gasteiger partial charge on any atom is -0.391 e. The van der Waals surface area contributed by atoms with E-state index in [0.29, 0.717) is 18.1 Å². The van der Waals surface area contributed by atoms with Crippen LogP contribution in [0.25, 0.3) is 0 Å². The molecule has 0 bridgehead atoms. The molecule has 126 valence electrons. The molecule has 1 aromatic rings. The average molecular weight is 338 g/mol. The van der Waals surface area contributed by atoms with Crippen molar-refractivity contribution in [3.63, 3.8) is 0 Å². The van der Waals surface area contributed by atoms with Crippen molar-refractivity contribution in [1.82, 2.24) is 9.80 Å². The van der Waals surface area contributed by atoms with Crippen LogP contribution >= 0.6 is 11.6 Å². The standard InChI is InChI=1S/C17H24ClN3O2/c1-12-11-13(18)5-6-14(12)19-17(23)21-9-7-20(8-10-21)15-3-2-4-16(15)22/h5-6,11,15-16,22H,2-4,7-10H2,1H3,(H,19,23)/t15-,16-/m1/s1. The minimum absolute atomic E-state index is 0.0676. The number of aliphatic hydroxyl groups is 1. The fourth-order valence-corrected chi connectivity index (χ4v) is 3.79. The third-order valence-electron chi connectivity index (χ3n) is 4.94. The first-order valence-electron chi connectivity index (χ1n) is 8.29. The summed E-state index contributed by atoms with van der Waals surface area (Å²) in [5, 5.41) is 13.7. The van der Waals surface area contributed by atoms with Gasteiger partial charge in [-0.3, -0.25) is 4.90 Å². The van der Waals surface area contributed by atoms with E-state index in [0.717, 1.165) is 43.6 Å². The molecule has 0 aromatic heterocycles. The van der Waals surface area contributed by atoms with Gasteiger partial charge >= 0.3 is 6.03 Å². The number of amides is 2. The van der Waals surface area contributed by atoms with Gasteiger partial charge in [0.15, 0.2) is 0 Å². The molecule has 1 saturated heterocycles. The highest BCUT2D eigenvalue weighted by Crippen LogP contribution is 2.25. The van der Waals surface area contributed by atoms with E-state index < -0.39 is 0 Å². The number of hydrogen-bond donors (Lipinski definition) is 2. The minimum atomic E-state index is -0.202. The van der Waals surface area contributed by atoms with Crippen molar-refractivity contribution < 1.29 is 9.90 Å². The Kier molecular flexibility index (Phi) is 5.09. The zero-order chi connectivity index (χ0) is 16.4. The Labute approximate surface area is 142 Å². The molecule has 0 radical (unpaired) electrons. The molecule has 5 nitrogen and oxygen atoms in total. The Morgan fingerprint density at radius 2 is 2.00 bits per heavy atom. The second-order valence-electron chi connectivity index (χ2n) is 6.48. The maximum Gasteiger partial charge on any atom is 0.321 e. The van der Waals surface area contributed by atoms with Gasteiger partial charge in [-0.05, 0) is 49.9 Å². The molecular formula is C17H24ClN3O2. The highest BCUT2D eigenvalue weighted by atomic mass is 35.5. The summed E-state index contributed by atoms with van der Waals surface area (Å²) in [6.07, 6.45) is 2.87. The van der Waals surface area contributed by atoms with Crippen LogP contribution in [-0.4, -0.2) is 59.3 Å². The number of halogens is 1. The number of nitrogens with one attached hydrogen (secondary N) is 1. The number of aliphatic hydroxyl groups excluding tert-OH is 1. The molecule has 6 heteroatoms. The van der Waals surface area contributed by atoms with E-state index in [1.807, 2.05) is 24.0 Å². The fraction of sp³-hybridized carbons (Fsp3) is 0.588. The second kappa shape index (κ2) is 7.07. The summed E-state index contributed by atoms with van der Waals surface area (Å²) in [6.45, 7) is 4.98. The molecule has 1 heterocycles. The summed E-state index contributed by atoms with van der Waals surface area (Å²) >= 11 is 5.94. The van der Waals surface area contributed by atoms with Gasteiger partial charge in [0.25, 0.3) is 0 Å². The lowest BCUT2D eigenvalue weighted by atomic mass is 10.1. The number of benzene rings is 1. The van der Waals surface area contributed by atoms with E-state index in [2.05, 4.69) is 10.2 Å². The Hall–Kier alpha value is -1.30. The quantitative estimate of drug-likeness (QED) is 0.872.